The number of thiophene rings is 1. The van der Waals surface area contributed by atoms with Crippen molar-refractivity contribution in [3.8, 4) is 22.3 Å². The van der Waals surface area contributed by atoms with E-state index in [9.17, 15) is 0 Å². The fourth-order valence-corrected chi connectivity index (χ4v) is 7.90. The topological polar surface area (TPSA) is 38.1 Å². The molecule has 0 saturated heterocycles. The average molecular weight is 601 g/mol. The van der Waals surface area contributed by atoms with E-state index in [-0.39, 0.29) is 0 Å². The zero-order valence-electron chi connectivity index (χ0n) is 25.7. The lowest BCUT2D eigenvalue weighted by atomic mass is 9.98. The van der Waals surface area contributed by atoms with Crippen molar-refractivity contribution in [1.82, 2.24) is 9.97 Å². The molecule has 0 saturated carbocycles. The van der Waals surface area contributed by atoms with Crippen LogP contribution in [0, 0.1) is 0 Å². The Balaban J connectivity index is 1.14. The third kappa shape index (κ3) is 4.11. The van der Waals surface area contributed by atoms with Gasteiger partial charge in [0.2, 0.25) is 0 Å². The number of rotatable bonds is 4. The normalized spacial score (nSPS) is 12.0. The Kier molecular flexibility index (Phi) is 5.59. The number of nitrogens with zero attached hydrogens (tertiary/aromatic N) is 2. The summed E-state index contributed by atoms with van der Waals surface area (Å²) >= 11 is 1.87. The zero-order chi connectivity index (χ0) is 30.4. The van der Waals surface area contributed by atoms with Gasteiger partial charge in [0.1, 0.15) is 0 Å². The molecule has 9 rings (SSSR count). The summed E-state index contributed by atoms with van der Waals surface area (Å²) in [6, 6.07) is 40.8. The van der Waals surface area contributed by atoms with Crippen molar-refractivity contribution in [2.45, 2.75) is 0 Å². The van der Waals surface area contributed by atoms with Crippen LogP contribution in [0.1, 0.15) is 0 Å². The molecule has 3 aromatic heterocycles. The van der Waals surface area contributed by atoms with Crippen LogP contribution in [0.3, 0.4) is 0 Å². The Morgan fingerprint density at radius 1 is 0.378 bits per heavy atom. The Morgan fingerprint density at radius 3 is 1.20 bits per heavy atom. The van der Waals surface area contributed by atoms with Crippen molar-refractivity contribution in [1.29, 1.82) is 0 Å². The minimum Gasteiger partial charge on any atom is -0.378 e. The van der Waals surface area contributed by atoms with Crippen LogP contribution in [0.5, 0.6) is 0 Å². The molecule has 5 heteroatoms. The fourth-order valence-electron chi connectivity index (χ4n) is 6.84. The average Bonchev–Trinajstić information content (AvgIpc) is 3.73. The van der Waals surface area contributed by atoms with E-state index in [1.807, 2.05) is 11.3 Å². The number of anilines is 2. The summed E-state index contributed by atoms with van der Waals surface area (Å²) in [6.07, 6.45) is 0. The maximum atomic E-state index is 3.62. The van der Waals surface area contributed by atoms with Crippen LogP contribution in [0.2, 0.25) is 0 Å². The largest absolute Gasteiger partial charge is 0.378 e. The Hall–Kier alpha value is -5.26. The molecule has 0 radical (unpaired) electrons. The molecule has 0 atom stereocenters. The van der Waals surface area contributed by atoms with Gasteiger partial charge in [0.15, 0.2) is 0 Å². The van der Waals surface area contributed by atoms with Crippen LogP contribution in [0.15, 0.2) is 109 Å². The second-order valence-corrected chi connectivity index (χ2v) is 13.6. The predicted molar refractivity (Wildman–Crippen MR) is 198 cm³/mol. The molecule has 0 spiro atoms. The van der Waals surface area contributed by atoms with E-state index in [2.05, 4.69) is 157 Å². The second kappa shape index (κ2) is 9.62. The highest BCUT2D eigenvalue weighted by Crippen LogP contribution is 2.40. The lowest BCUT2D eigenvalue weighted by Gasteiger charge is -2.11. The Bertz CT molecular complexity index is 2430. The molecular formula is C40H32N4S. The third-order valence-corrected chi connectivity index (χ3v) is 10.5. The van der Waals surface area contributed by atoms with E-state index in [4.69, 9.17) is 0 Å². The number of nitrogens with one attached hydrogen (secondary N) is 2. The highest BCUT2D eigenvalue weighted by Gasteiger charge is 2.13. The summed E-state index contributed by atoms with van der Waals surface area (Å²) in [7, 11) is 8.33. The molecule has 3 heterocycles. The number of aromatic nitrogens is 2. The molecule has 0 amide bonds. The Morgan fingerprint density at radius 2 is 0.778 bits per heavy atom. The van der Waals surface area contributed by atoms with Gasteiger partial charge in [0.05, 0.1) is 0 Å². The number of benzene rings is 6. The molecule has 9 aromatic rings. The van der Waals surface area contributed by atoms with Gasteiger partial charge in [-0.05, 0) is 95.1 Å². The van der Waals surface area contributed by atoms with Crippen molar-refractivity contribution >= 4 is 86.5 Å². The standard InChI is InChI=1S/C40H32N4S/c1-43(2)27-9-11-29-31-17-23(5-13-35(31)41-37(29)21-27)25-7-15-39-33(19-25)34-20-26(8-16-40(34)45-39)24-6-14-36-32(18-24)30-12-10-28(44(3)4)22-38(30)42-36/h5-22,41-42H,1-4H3. The second-order valence-electron chi connectivity index (χ2n) is 12.5. The monoisotopic (exact) mass is 600 g/mol. The summed E-state index contributed by atoms with van der Waals surface area (Å²) in [5.41, 5.74) is 12.0. The predicted octanol–water partition coefficient (Wildman–Crippen LogP) is 10.8. The summed E-state index contributed by atoms with van der Waals surface area (Å²) < 4.78 is 2.64. The van der Waals surface area contributed by atoms with Gasteiger partial charge in [-0.2, -0.15) is 0 Å². The number of aromatic amines is 2. The summed E-state index contributed by atoms with van der Waals surface area (Å²) in [5.74, 6) is 0. The van der Waals surface area contributed by atoms with E-state index in [1.165, 1.54) is 97.4 Å². The first-order valence-corrected chi connectivity index (χ1v) is 16.1. The lowest BCUT2D eigenvalue weighted by molar-refractivity contribution is 1.13. The smallest absolute Gasteiger partial charge is 0.0485 e. The van der Waals surface area contributed by atoms with E-state index in [0.29, 0.717) is 0 Å². The molecule has 6 aromatic carbocycles. The van der Waals surface area contributed by atoms with Crippen LogP contribution in [0.4, 0.5) is 11.4 Å². The summed E-state index contributed by atoms with van der Waals surface area (Å²) in [4.78, 5) is 11.5. The van der Waals surface area contributed by atoms with Crippen LogP contribution in [-0.4, -0.2) is 38.2 Å². The van der Waals surface area contributed by atoms with Gasteiger partial charge in [-0.3, -0.25) is 0 Å². The van der Waals surface area contributed by atoms with Crippen molar-refractivity contribution in [2.24, 2.45) is 0 Å². The van der Waals surface area contributed by atoms with E-state index < -0.39 is 0 Å². The van der Waals surface area contributed by atoms with E-state index in [1.54, 1.807) is 0 Å². The lowest BCUT2D eigenvalue weighted by Crippen LogP contribution is -2.07. The van der Waals surface area contributed by atoms with Crippen molar-refractivity contribution in [3.63, 3.8) is 0 Å². The third-order valence-electron chi connectivity index (χ3n) is 9.33. The molecule has 0 aliphatic rings. The highest BCUT2D eigenvalue weighted by atomic mass is 32.1. The SMILES string of the molecule is CN(C)c1ccc2c(c1)[nH]c1ccc(-c3ccc4sc5ccc(-c6ccc7[nH]c8cc(N(C)C)ccc8c7c6)cc5c4c3)cc12. The van der Waals surface area contributed by atoms with Gasteiger partial charge < -0.3 is 19.8 Å². The van der Waals surface area contributed by atoms with Crippen molar-refractivity contribution < 1.29 is 0 Å². The van der Waals surface area contributed by atoms with Crippen LogP contribution in [-0.2, 0) is 0 Å². The summed E-state index contributed by atoms with van der Waals surface area (Å²) in [6.45, 7) is 0. The van der Waals surface area contributed by atoms with Gasteiger partial charge in [-0.15, -0.1) is 11.3 Å². The number of hydrogen-bond donors (Lipinski definition) is 2. The quantitative estimate of drug-likeness (QED) is 0.211. The van der Waals surface area contributed by atoms with Crippen LogP contribution in [0.25, 0.3) is 86.0 Å². The molecule has 0 bridgehead atoms. The van der Waals surface area contributed by atoms with Crippen molar-refractivity contribution in [3.05, 3.63) is 109 Å². The molecule has 0 aliphatic carbocycles. The van der Waals surface area contributed by atoms with E-state index in [0.717, 1.165) is 0 Å². The van der Waals surface area contributed by atoms with Crippen molar-refractivity contribution in [2.75, 3.05) is 38.0 Å². The molecule has 45 heavy (non-hydrogen) atoms. The van der Waals surface area contributed by atoms with Gasteiger partial charge >= 0.3 is 0 Å². The van der Waals surface area contributed by atoms with Gasteiger partial charge in [0.25, 0.3) is 0 Å². The number of H-pyrrole nitrogens is 2. The van der Waals surface area contributed by atoms with Gasteiger partial charge in [0, 0.05) is 103 Å². The minimum absolute atomic E-state index is 1.17. The first-order chi connectivity index (χ1) is 21.9. The highest BCUT2D eigenvalue weighted by molar-refractivity contribution is 7.25. The summed E-state index contributed by atoms with van der Waals surface area (Å²) in [5, 5.41) is 7.66. The molecule has 218 valence electrons. The van der Waals surface area contributed by atoms with Crippen LogP contribution < -0.4 is 9.80 Å². The van der Waals surface area contributed by atoms with E-state index >= 15 is 0 Å². The molecular weight excluding hydrogens is 569 g/mol. The molecule has 0 aliphatic heterocycles. The first-order valence-electron chi connectivity index (χ1n) is 15.3. The van der Waals surface area contributed by atoms with Gasteiger partial charge in [-0.1, -0.05) is 36.4 Å². The molecule has 4 nitrogen and oxygen atoms in total. The molecule has 0 unspecified atom stereocenters. The Labute approximate surface area is 265 Å². The van der Waals surface area contributed by atoms with Gasteiger partial charge in [-0.25, -0.2) is 0 Å². The first kappa shape index (κ1) is 26.2. The molecule has 0 fully saturated rings. The maximum absolute atomic E-state index is 3.62. The number of fused-ring (bicyclic) bond motifs is 9. The fraction of sp³-hybridized carbons (Fsp3) is 0.100. The molecule has 2 N–H and O–H groups in total. The zero-order valence-corrected chi connectivity index (χ0v) is 26.5. The van der Waals surface area contributed by atoms with Crippen LogP contribution >= 0.6 is 11.3 Å². The maximum Gasteiger partial charge on any atom is 0.0485 e. The number of hydrogen-bond acceptors (Lipinski definition) is 3. The minimum atomic E-state index is 1.17.